The van der Waals surface area contributed by atoms with Crippen molar-refractivity contribution in [1.29, 1.82) is 0 Å². The molecule has 0 atom stereocenters. The van der Waals surface area contributed by atoms with Gasteiger partial charge in [0.2, 0.25) is 0 Å². The fourth-order valence-corrected chi connectivity index (χ4v) is 2.90. The molecule has 0 saturated carbocycles. The van der Waals surface area contributed by atoms with E-state index in [0.29, 0.717) is 13.1 Å². The summed E-state index contributed by atoms with van der Waals surface area (Å²) >= 11 is 3.51. The predicted octanol–water partition coefficient (Wildman–Crippen LogP) is 3.14. The standard InChI is InChI=1S/C12H15BrN2O2/c1-12(2,3)10-8(13)4-7-5-15(11(16)17)6-9(7)14-10/h4H,5-6H2,1-3H3,(H,16,17). The number of hydrogen-bond acceptors (Lipinski definition) is 2. The van der Waals surface area contributed by atoms with Crippen LogP contribution >= 0.6 is 15.9 Å². The molecule has 1 aromatic rings. The van der Waals surface area contributed by atoms with Crippen molar-refractivity contribution < 1.29 is 9.90 Å². The molecule has 5 heteroatoms. The molecule has 4 nitrogen and oxygen atoms in total. The van der Waals surface area contributed by atoms with Gasteiger partial charge in [-0.2, -0.15) is 0 Å². The molecule has 0 saturated heterocycles. The van der Waals surface area contributed by atoms with E-state index in [0.717, 1.165) is 21.4 Å². The lowest BCUT2D eigenvalue weighted by Gasteiger charge is -2.20. The van der Waals surface area contributed by atoms with Crippen LogP contribution in [0.2, 0.25) is 0 Å². The molecule has 1 aromatic heterocycles. The molecule has 0 fully saturated rings. The maximum Gasteiger partial charge on any atom is 0.407 e. The van der Waals surface area contributed by atoms with E-state index in [1.54, 1.807) is 0 Å². The van der Waals surface area contributed by atoms with Crippen LogP contribution in [0.5, 0.6) is 0 Å². The summed E-state index contributed by atoms with van der Waals surface area (Å²) in [4.78, 5) is 16.9. The van der Waals surface area contributed by atoms with E-state index in [9.17, 15) is 4.79 Å². The van der Waals surface area contributed by atoms with E-state index in [2.05, 4.69) is 41.7 Å². The molecule has 1 aliphatic rings. The Morgan fingerprint density at radius 3 is 2.65 bits per heavy atom. The Balaban J connectivity index is 2.41. The zero-order valence-corrected chi connectivity index (χ0v) is 11.7. The van der Waals surface area contributed by atoms with E-state index in [1.807, 2.05) is 6.07 Å². The lowest BCUT2D eigenvalue weighted by molar-refractivity contribution is 0.145. The summed E-state index contributed by atoms with van der Waals surface area (Å²) in [5, 5.41) is 8.97. The molecule has 2 rings (SSSR count). The topological polar surface area (TPSA) is 53.4 Å². The number of nitrogens with zero attached hydrogens (tertiary/aromatic N) is 2. The summed E-state index contributed by atoms with van der Waals surface area (Å²) in [7, 11) is 0. The number of pyridine rings is 1. The van der Waals surface area contributed by atoms with Crippen molar-refractivity contribution in [2.75, 3.05) is 0 Å². The highest BCUT2D eigenvalue weighted by Crippen LogP contribution is 2.32. The summed E-state index contributed by atoms with van der Waals surface area (Å²) in [6.45, 7) is 7.10. The molecule has 2 heterocycles. The fraction of sp³-hybridized carbons (Fsp3) is 0.500. The van der Waals surface area contributed by atoms with Gasteiger partial charge in [-0.15, -0.1) is 0 Å². The van der Waals surface area contributed by atoms with E-state index < -0.39 is 6.09 Å². The Bertz CT molecular complexity index is 480. The van der Waals surface area contributed by atoms with Crippen molar-refractivity contribution in [3.05, 3.63) is 27.5 Å². The van der Waals surface area contributed by atoms with Gasteiger partial charge in [0.25, 0.3) is 0 Å². The van der Waals surface area contributed by atoms with Gasteiger partial charge in [-0.1, -0.05) is 20.8 Å². The van der Waals surface area contributed by atoms with E-state index in [4.69, 9.17) is 5.11 Å². The molecular formula is C12H15BrN2O2. The maximum absolute atomic E-state index is 10.9. The second kappa shape index (κ2) is 3.98. The van der Waals surface area contributed by atoms with Crippen molar-refractivity contribution in [1.82, 2.24) is 9.88 Å². The van der Waals surface area contributed by atoms with Gasteiger partial charge in [-0.3, -0.25) is 9.88 Å². The molecule has 0 aliphatic carbocycles. The smallest absolute Gasteiger partial charge is 0.407 e. The molecule has 0 unspecified atom stereocenters. The van der Waals surface area contributed by atoms with E-state index in [1.165, 1.54) is 4.90 Å². The van der Waals surface area contributed by atoms with Gasteiger partial charge in [0, 0.05) is 9.89 Å². The highest BCUT2D eigenvalue weighted by atomic mass is 79.9. The summed E-state index contributed by atoms with van der Waals surface area (Å²) in [5.41, 5.74) is 2.79. The first kappa shape index (κ1) is 12.4. The van der Waals surface area contributed by atoms with Crippen LogP contribution < -0.4 is 0 Å². The lowest BCUT2D eigenvalue weighted by Crippen LogP contribution is -2.22. The summed E-state index contributed by atoms with van der Waals surface area (Å²) in [6.07, 6.45) is -0.892. The number of carboxylic acid groups (broad SMARTS) is 1. The number of fused-ring (bicyclic) bond motifs is 1. The van der Waals surface area contributed by atoms with Crippen LogP contribution in [-0.4, -0.2) is 21.1 Å². The third kappa shape index (κ3) is 2.29. The third-order valence-corrected chi connectivity index (χ3v) is 3.43. The number of halogens is 1. The van der Waals surface area contributed by atoms with Crippen LogP contribution in [0.1, 0.15) is 37.7 Å². The highest BCUT2D eigenvalue weighted by molar-refractivity contribution is 9.10. The van der Waals surface area contributed by atoms with Gasteiger partial charge >= 0.3 is 6.09 Å². The molecule has 0 aromatic carbocycles. The van der Waals surface area contributed by atoms with Crippen LogP contribution in [0.4, 0.5) is 4.79 Å². The Labute approximate surface area is 109 Å². The zero-order valence-electron chi connectivity index (χ0n) is 10.1. The second-order valence-corrected chi connectivity index (χ2v) is 6.17. The number of amides is 1. The quantitative estimate of drug-likeness (QED) is 0.800. The number of carbonyl (C=O) groups is 1. The first-order valence-corrected chi connectivity index (χ1v) is 6.25. The van der Waals surface area contributed by atoms with Gasteiger partial charge in [-0.05, 0) is 27.6 Å². The van der Waals surface area contributed by atoms with Crippen molar-refractivity contribution in [3.63, 3.8) is 0 Å². The van der Waals surface area contributed by atoms with Gasteiger partial charge < -0.3 is 5.11 Å². The first-order chi connectivity index (χ1) is 7.79. The minimum absolute atomic E-state index is 0.0511. The molecular weight excluding hydrogens is 284 g/mol. The molecule has 0 radical (unpaired) electrons. The lowest BCUT2D eigenvalue weighted by atomic mass is 9.91. The minimum atomic E-state index is -0.892. The van der Waals surface area contributed by atoms with Crippen molar-refractivity contribution in [2.45, 2.75) is 39.3 Å². The Hall–Kier alpha value is -1.10. The number of rotatable bonds is 0. The largest absolute Gasteiger partial charge is 0.465 e. The highest BCUT2D eigenvalue weighted by Gasteiger charge is 2.28. The summed E-state index contributed by atoms with van der Waals surface area (Å²) in [5.74, 6) is 0. The normalized spacial score (nSPS) is 14.9. The molecule has 0 spiro atoms. The van der Waals surface area contributed by atoms with E-state index >= 15 is 0 Å². The van der Waals surface area contributed by atoms with Crippen LogP contribution in [0, 0.1) is 0 Å². The van der Waals surface area contributed by atoms with Crippen LogP contribution in [0.25, 0.3) is 0 Å². The van der Waals surface area contributed by atoms with E-state index in [-0.39, 0.29) is 5.41 Å². The van der Waals surface area contributed by atoms with Crippen LogP contribution in [0.15, 0.2) is 10.5 Å². The number of hydrogen-bond donors (Lipinski definition) is 1. The second-order valence-electron chi connectivity index (χ2n) is 5.31. The van der Waals surface area contributed by atoms with Crippen molar-refractivity contribution in [3.8, 4) is 0 Å². The average Bonchev–Trinajstić information content (AvgIpc) is 2.57. The average molecular weight is 299 g/mol. The minimum Gasteiger partial charge on any atom is -0.465 e. The van der Waals surface area contributed by atoms with Gasteiger partial charge in [0.05, 0.1) is 24.5 Å². The van der Waals surface area contributed by atoms with Gasteiger partial charge in [-0.25, -0.2) is 4.79 Å². The SMILES string of the molecule is CC(C)(C)c1nc2c(cc1Br)CN(C(=O)O)C2. The summed E-state index contributed by atoms with van der Waals surface area (Å²) < 4.78 is 0.955. The fourth-order valence-electron chi connectivity index (χ4n) is 1.94. The maximum atomic E-state index is 10.9. The summed E-state index contributed by atoms with van der Waals surface area (Å²) in [6, 6.07) is 1.99. The van der Waals surface area contributed by atoms with Gasteiger partial charge in [0.15, 0.2) is 0 Å². The Morgan fingerprint density at radius 1 is 1.47 bits per heavy atom. The van der Waals surface area contributed by atoms with Crippen molar-refractivity contribution in [2.24, 2.45) is 0 Å². The monoisotopic (exact) mass is 298 g/mol. The third-order valence-electron chi connectivity index (χ3n) is 2.83. The molecule has 92 valence electrons. The zero-order chi connectivity index (χ0) is 12.8. The Morgan fingerprint density at radius 2 is 2.12 bits per heavy atom. The van der Waals surface area contributed by atoms with Crippen LogP contribution in [-0.2, 0) is 18.5 Å². The van der Waals surface area contributed by atoms with Crippen molar-refractivity contribution >= 4 is 22.0 Å². The van der Waals surface area contributed by atoms with Gasteiger partial charge in [0.1, 0.15) is 0 Å². The Kier molecular flexibility index (Phi) is 2.89. The van der Waals surface area contributed by atoms with Crippen LogP contribution in [0.3, 0.4) is 0 Å². The molecule has 1 N–H and O–H groups in total. The number of aromatic nitrogens is 1. The first-order valence-electron chi connectivity index (χ1n) is 5.45. The predicted molar refractivity (Wildman–Crippen MR) is 67.9 cm³/mol. The molecule has 17 heavy (non-hydrogen) atoms. The molecule has 1 amide bonds. The molecule has 0 bridgehead atoms. The molecule has 1 aliphatic heterocycles.